The van der Waals surface area contributed by atoms with E-state index < -0.39 is 0 Å². The molecule has 0 aromatic carbocycles. The van der Waals surface area contributed by atoms with Crippen molar-refractivity contribution in [2.45, 2.75) is 0 Å². The summed E-state index contributed by atoms with van der Waals surface area (Å²) in [5, 5.41) is 4.15. The molecule has 0 unspecified atom stereocenters. The van der Waals surface area contributed by atoms with Gasteiger partial charge in [-0.2, -0.15) is 0 Å². The molecule has 1 aliphatic rings. The molecular formula is C9H7N2. The summed E-state index contributed by atoms with van der Waals surface area (Å²) in [5.41, 5.74) is 2.05. The van der Waals surface area contributed by atoms with Crippen LogP contribution in [0.2, 0.25) is 0 Å². The van der Waals surface area contributed by atoms with Crippen LogP contribution in [0.3, 0.4) is 0 Å². The van der Waals surface area contributed by atoms with Gasteiger partial charge in [0.05, 0.1) is 5.70 Å². The second-order valence-corrected chi connectivity index (χ2v) is 2.26. The molecule has 0 atom stereocenters. The summed E-state index contributed by atoms with van der Waals surface area (Å²) in [6.07, 6.45) is 9.23. The molecular weight excluding hydrogens is 136 g/mol. The van der Waals surface area contributed by atoms with Gasteiger partial charge in [0, 0.05) is 24.2 Å². The van der Waals surface area contributed by atoms with Crippen molar-refractivity contribution in [3.8, 4) is 0 Å². The minimum absolute atomic E-state index is 0.984. The quantitative estimate of drug-likeness (QED) is 0.586. The maximum absolute atomic E-state index is 4.15. The Labute approximate surface area is 65.3 Å². The van der Waals surface area contributed by atoms with Crippen molar-refractivity contribution in [2.24, 2.45) is 0 Å². The highest BCUT2D eigenvalue weighted by molar-refractivity contribution is 5.67. The summed E-state index contributed by atoms with van der Waals surface area (Å²) in [4.78, 5) is 4.00. The first-order chi connectivity index (χ1) is 5.47. The second kappa shape index (κ2) is 2.58. The number of nitrogens with zero attached hydrogens (tertiary/aromatic N) is 2. The monoisotopic (exact) mass is 143 g/mol. The zero-order valence-electron chi connectivity index (χ0n) is 5.94. The third kappa shape index (κ3) is 1.15. The Morgan fingerprint density at radius 3 is 2.91 bits per heavy atom. The number of rotatable bonds is 1. The van der Waals surface area contributed by atoms with Crippen LogP contribution >= 0.6 is 0 Å². The molecule has 0 bridgehead atoms. The summed E-state index contributed by atoms with van der Waals surface area (Å²) in [6, 6.07) is 3.90. The summed E-state index contributed by atoms with van der Waals surface area (Å²) < 4.78 is 0. The molecule has 0 spiro atoms. The first-order valence-electron chi connectivity index (χ1n) is 3.45. The molecule has 1 aromatic heterocycles. The van der Waals surface area contributed by atoms with E-state index in [4.69, 9.17) is 0 Å². The fourth-order valence-electron chi connectivity index (χ4n) is 0.986. The van der Waals surface area contributed by atoms with Gasteiger partial charge in [-0.25, -0.2) is 0 Å². The maximum atomic E-state index is 4.15. The average Bonchev–Trinajstić information content (AvgIpc) is 2.58. The zero-order valence-corrected chi connectivity index (χ0v) is 5.94. The Kier molecular flexibility index (Phi) is 1.44. The molecule has 0 aliphatic carbocycles. The van der Waals surface area contributed by atoms with Crippen LogP contribution in [0.1, 0.15) is 5.56 Å². The first-order valence-corrected chi connectivity index (χ1v) is 3.45. The largest absolute Gasteiger partial charge is 0.264 e. The molecule has 1 aromatic rings. The Morgan fingerprint density at radius 2 is 2.27 bits per heavy atom. The van der Waals surface area contributed by atoms with Crippen molar-refractivity contribution >= 4 is 5.70 Å². The van der Waals surface area contributed by atoms with E-state index in [1.807, 2.05) is 30.5 Å². The molecule has 0 N–H and O–H groups in total. The molecule has 11 heavy (non-hydrogen) atoms. The molecule has 2 nitrogen and oxygen atoms in total. The standard InChI is InChI=1S/C9H7N2/c1-3-8(7-10-5-1)9-4-2-6-11-9/h1-7H. The van der Waals surface area contributed by atoms with Crippen LogP contribution in [0.25, 0.3) is 5.70 Å². The van der Waals surface area contributed by atoms with Crippen LogP contribution in [-0.4, -0.2) is 4.98 Å². The SMILES string of the molecule is C1=C[N]C(c2cccnc2)=C1. The van der Waals surface area contributed by atoms with E-state index in [0.29, 0.717) is 0 Å². The van der Waals surface area contributed by atoms with Crippen LogP contribution in [0, 0.1) is 0 Å². The number of hydrogen-bond donors (Lipinski definition) is 0. The topological polar surface area (TPSA) is 27.0 Å². The van der Waals surface area contributed by atoms with Crippen LogP contribution < -0.4 is 5.32 Å². The zero-order chi connectivity index (χ0) is 7.52. The van der Waals surface area contributed by atoms with Gasteiger partial charge in [-0.1, -0.05) is 0 Å². The Bertz CT molecular complexity index is 299. The average molecular weight is 143 g/mol. The summed E-state index contributed by atoms with van der Waals surface area (Å²) >= 11 is 0. The van der Waals surface area contributed by atoms with E-state index >= 15 is 0 Å². The van der Waals surface area contributed by atoms with E-state index in [0.717, 1.165) is 11.3 Å². The van der Waals surface area contributed by atoms with Crippen LogP contribution in [-0.2, 0) is 0 Å². The fraction of sp³-hybridized carbons (Fsp3) is 0. The number of aromatic nitrogens is 1. The molecule has 53 valence electrons. The van der Waals surface area contributed by atoms with Gasteiger partial charge in [0.2, 0.25) is 0 Å². The first kappa shape index (κ1) is 6.16. The predicted octanol–water partition coefficient (Wildman–Crippen LogP) is 1.55. The van der Waals surface area contributed by atoms with Gasteiger partial charge in [0.15, 0.2) is 0 Å². The van der Waals surface area contributed by atoms with Crippen molar-refractivity contribution in [3.63, 3.8) is 0 Å². The smallest absolute Gasteiger partial charge is 0.0717 e. The molecule has 0 saturated heterocycles. The van der Waals surface area contributed by atoms with Gasteiger partial charge >= 0.3 is 0 Å². The molecule has 0 saturated carbocycles. The molecule has 0 amide bonds. The van der Waals surface area contributed by atoms with E-state index in [9.17, 15) is 0 Å². The highest BCUT2D eigenvalue weighted by Crippen LogP contribution is 2.13. The van der Waals surface area contributed by atoms with Gasteiger partial charge in [0.25, 0.3) is 0 Å². The molecule has 2 rings (SSSR count). The molecule has 0 fully saturated rings. The predicted molar refractivity (Wildman–Crippen MR) is 43.5 cm³/mol. The van der Waals surface area contributed by atoms with E-state index in [1.54, 1.807) is 12.4 Å². The third-order valence-corrected chi connectivity index (χ3v) is 1.51. The molecule has 1 radical (unpaired) electrons. The summed E-state index contributed by atoms with van der Waals surface area (Å²) in [5.74, 6) is 0. The lowest BCUT2D eigenvalue weighted by molar-refractivity contribution is 1.20. The van der Waals surface area contributed by atoms with Crippen molar-refractivity contribution in [1.29, 1.82) is 0 Å². The minimum Gasteiger partial charge on any atom is -0.264 e. The molecule has 1 aliphatic heterocycles. The van der Waals surface area contributed by atoms with Gasteiger partial charge < -0.3 is 0 Å². The second-order valence-electron chi connectivity index (χ2n) is 2.26. The molecule has 2 heterocycles. The number of allylic oxidation sites excluding steroid dienone is 2. The summed E-state index contributed by atoms with van der Waals surface area (Å²) in [7, 11) is 0. The van der Waals surface area contributed by atoms with E-state index in [1.165, 1.54) is 0 Å². The molecule has 2 heteroatoms. The normalized spacial score (nSPS) is 14.4. The van der Waals surface area contributed by atoms with E-state index in [-0.39, 0.29) is 0 Å². The minimum atomic E-state index is 0.984. The summed E-state index contributed by atoms with van der Waals surface area (Å²) in [6.45, 7) is 0. The van der Waals surface area contributed by atoms with Crippen LogP contribution in [0.4, 0.5) is 0 Å². The lowest BCUT2D eigenvalue weighted by Gasteiger charge is -1.97. The number of pyridine rings is 1. The Balaban J connectivity index is 2.31. The van der Waals surface area contributed by atoms with Gasteiger partial charge in [-0.15, -0.1) is 0 Å². The fourth-order valence-corrected chi connectivity index (χ4v) is 0.986. The highest BCUT2D eigenvalue weighted by Gasteiger charge is 2.01. The lowest BCUT2D eigenvalue weighted by atomic mass is 10.2. The van der Waals surface area contributed by atoms with Gasteiger partial charge in [-0.05, 0) is 24.3 Å². The van der Waals surface area contributed by atoms with Crippen molar-refractivity contribution in [2.75, 3.05) is 0 Å². The Hall–Kier alpha value is -1.57. The lowest BCUT2D eigenvalue weighted by Crippen LogP contribution is -1.91. The van der Waals surface area contributed by atoms with Gasteiger partial charge in [-0.3, -0.25) is 10.3 Å². The van der Waals surface area contributed by atoms with Crippen molar-refractivity contribution in [1.82, 2.24) is 10.3 Å². The third-order valence-electron chi connectivity index (χ3n) is 1.51. The van der Waals surface area contributed by atoms with Gasteiger partial charge in [0.1, 0.15) is 0 Å². The van der Waals surface area contributed by atoms with Crippen molar-refractivity contribution in [3.05, 3.63) is 48.4 Å². The van der Waals surface area contributed by atoms with Crippen LogP contribution in [0.15, 0.2) is 42.9 Å². The highest BCUT2D eigenvalue weighted by atomic mass is 14.9. The van der Waals surface area contributed by atoms with Crippen LogP contribution in [0.5, 0.6) is 0 Å². The van der Waals surface area contributed by atoms with E-state index in [2.05, 4.69) is 10.3 Å². The Morgan fingerprint density at radius 1 is 1.27 bits per heavy atom. The number of hydrogen-bond acceptors (Lipinski definition) is 1. The van der Waals surface area contributed by atoms with Crippen molar-refractivity contribution < 1.29 is 0 Å². The maximum Gasteiger partial charge on any atom is 0.0717 e.